The van der Waals surface area contributed by atoms with Gasteiger partial charge in [-0.05, 0) is 53.3 Å². The van der Waals surface area contributed by atoms with Crippen LogP contribution in [-0.4, -0.2) is 5.97 Å². The number of esters is 1. The fourth-order valence-electron chi connectivity index (χ4n) is 4.04. The van der Waals surface area contributed by atoms with E-state index in [9.17, 15) is 14.4 Å². The summed E-state index contributed by atoms with van der Waals surface area (Å²) < 4.78 is 25.5. The quantitative estimate of drug-likeness (QED) is 0.303. The molecular weight excluding hydrogens is 488 g/mol. The summed E-state index contributed by atoms with van der Waals surface area (Å²) >= 11 is 12.4. The molecule has 178 valence electrons. The van der Waals surface area contributed by atoms with Crippen molar-refractivity contribution in [3.8, 4) is 17.6 Å². The van der Waals surface area contributed by atoms with E-state index >= 15 is 0 Å². The Bertz CT molecular complexity index is 1300. The highest BCUT2D eigenvalue weighted by atomic mass is 35.5. The number of halogens is 3. The Morgan fingerprint density at radius 3 is 2.46 bits per heavy atom. The number of nitriles is 1. The molecule has 0 bridgehead atoms. The van der Waals surface area contributed by atoms with E-state index in [1.165, 1.54) is 18.2 Å². The van der Waals surface area contributed by atoms with Crippen molar-refractivity contribution in [1.29, 1.82) is 5.26 Å². The normalized spacial score (nSPS) is 19.4. The molecular formula is C28H22Cl2FNO3. The first-order chi connectivity index (χ1) is 16.7. The number of carbonyl (C=O) groups excluding carboxylic acids is 1. The standard InChI is InChI=1S/C28H22Cl2FNO3/c1-28(2)21(15-22(30)17-8-11-19(29)12-9-17)26(28)27(33)35-25(16-32)18-10-13-23(31)24(14-18)34-20-6-4-3-5-7-20/h3-15,21,25-26H,1-2H3/t21-,25?,26+/m1/s1. The van der Waals surface area contributed by atoms with Gasteiger partial charge in [0, 0.05) is 15.6 Å². The third kappa shape index (κ3) is 5.51. The van der Waals surface area contributed by atoms with Crippen LogP contribution >= 0.6 is 23.2 Å². The molecule has 4 rings (SSSR count). The van der Waals surface area contributed by atoms with Crippen molar-refractivity contribution in [3.05, 3.63) is 101 Å². The molecule has 0 amide bonds. The minimum atomic E-state index is -1.21. The molecule has 7 heteroatoms. The van der Waals surface area contributed by atoms with Gasteiger partial charge >= 0.3 is 5.97 Å². The average Bonchev–Trinajstić information content (AvgIpc) is 3.39. The molecule has 1 saturated carbocycles. The summed E-state index contributed by atoms with van der Waals surface area (Å²) in [7, 11) is 0. The lowest BCUT2D eigenvalue weighted by molar-refractivity contribution is -0.149. The molecule has 1 fully saturated rings. The number of nitrogens with zero attached hydrogens (tertiary/aromatic N) is 1. The van der Waals surface area contributed by atoms with E-state index in [0.717, 1.165) is 5.56 Å². The first kappa shape index (κ1) is 24.8. The summed E-state index contributed by atoms with van der Waals surface area (Å²) in [5.41, 5.74) is 0.713. The molecule has 35 heavy (non-hydrogen) atoms. The monoisotopic (exact) mass is 509 g/mol. The number of ether oxygens (including phenoxy) is 2. The number of benzene rings is 3. The highest BCUT2D eigenvalue weighted by Crippen LogP contribution is 2.60. The highest BCUT2D eigenvalue weighted by Gasteiger charge is 2.62. The fraction of sp³-hybridized carbons (Fsp3) is 0.214. The van der Waals surface area contributed by atoms with Crippen LogP contribution in [0.3, 0.4) is 0 Å². The van der Waals surface area contributed by atoms with Crippen LogP contribution in [0.2, 0.25) is 5.02 Å². The molecule has 3 aromatic rings. The van der Waals surface area contributed by atoms with Crippen molar-refractivity contribution in [2.45, 2.75) is 20.0 Å². The smallest absolute Gasteiger partial charge is 0.311 e. The van der Waals surface area contributed by atoms with Crippen LogP contribution in [0.15, 0.2) is 78.9 Å². The van der Waals surface area contributed by atoms with E-state index in [0.29, 0.717) is 21.4 Å². The zero-order valence-electron chi connectivity index (χ0n) is 19.0. The van der Waals surface area contributed by atoms with Gasteiger partial charge in [-0.2, -0.15) is 5.26 Å². The third-order valence-electron chi connectivity index (χ3n) is 6.19. The number of para-hydroxylation sites is 1. The fourth-order valence-corrected chi connectivity index (χ4v) is 4.42. The summed E-state index contributed by atoms with van der Waals surface area (Å²) in [5, 5.41) is 10.8. The summed E-state index contributed by atoms with van der Waals surface area (Å²) in [6, 6.07) is 21.7. The van der Waals surface area contributed by atoms with E-state index in [1.54, 1.807) is 48.5 Å². The van der Waals surface area contributed by atoms with E-state index in [2.05, 4.69) is 0 Å². The van der Waals surface area contributed by atoms with E-state index in [4.69, 9.17) is 32.7 Å². The molecule has 3 aromatic carbocycles. The molecule has 0 radical (unpaired) electrons. The molecule has 0 aromatic heterocycles. The number of rotatable bonds is 7. The molecule has 1 aliphatic rings. The summed E-state index contributed by atoms with van der Waals surface area (Å²) in [6.07, 6.45) is 0.621. The topological polar surface area (TPSA) is 59.3 Å². The number of carbonyl (C=O) groups is 1. The van der Waals surface area contributed by atoms with E-state index in [-0.39, 0.29) is 11.7 Å². The van der Waals surface area contributed by atoms with Gasteiger partial charge in [0.05, 0.1) is 5.92 Å². The Morgan fingerprint density at radius 1 is 1.11 bits per heavy atom. The van der Waals surface area contributed by atoms with Crippen LogP contribution in [0.1, 0.15) is 31.1 Å². The zero-order valence-corrected chi connectivity index (χ0v) is 20.6. The van der Waals surface area contributed by atoms with Crippen molar-refractivity contribution >= 4 is 34.2 Å². The Balaban J connectivity index is 1.49. The van der Waals surface area contributed by atoms with Crippen molar-refractivity contribution < 1.29 is 18.7 Å². The van der Waals surface area contributed by atoms with Crippen LogP contribution in [0, 0.1) is 34.4 Å². The number of allylic oxidation sites excluding steroid dienone is 1. The summed E-state index contributed by atoms with van der Waals surface area (Å²) in [6.45, 7) is 3.88. The van der Waals surface area contributed by atoms with E-state index < -0.39 is 29.2 Å². The van der Waals surface area contributed by atoms with Gasteiger partial charge < -0.3 is 9.47 Å². The Hall–Kier alpha value is -3.33. The molecule has 0 N–H and O–H groups in total. The Morgan fingerprint density at radius 2 is 1.80 bits per heavy atom. The number of hydrogen-bond donors (Lipinski definition) is 0. The molecule has 4 nitrogen and oxygen atoms in total. The van der Waals surface area contributed by atoms with Gasteiger partial charge in [-0.3, -0.25) is 4.79 Å². The Labute approximate surface area is 213 Å². The minimum absolute atomic E-state index is 0.0627. The van der Waals surface area contributed by atoms with Crippen LogP contribution in [0.25, 0.3) is 5.03 Å². The van der Waals surface area contributed by atoms with Gasteiger partial charge in [0.1, 0.15) is 11.8 Å². The largest absolute Gasteiger partial charge is 0.454 e. The first-order valence-electron chi connectivity index (χ1n) is 11.0. The van der Waals surface area contributed by atoms with E-state index in [1.807, 2.05) is 32.1 Å². The van der Waals surface area contributed by atoms with Crippen molar-refractivity contribution in [1.82, 2.24) is 0 Å². The maximum Gasteiger partial charge on any atom is 0.311 e. The second kappa shape index (κ2) is 10.1. The lowest BCUT2D eigenvalue weighted by Gasteiger charge is -2.14. The first-order valence-corrected chi connectivity index (χ1v) is 11.7. The van der Waals surface area contributed by atoms with Gasteiger partial charge in [-0.1, -0.05) is 79.5 Å². The molecule has 0 aliphatic heterocycles. The maximum absolute atomic E-state index is 14.3. The maximum atomic E-state index is 14.3. The number of hydrogen-bond acceptors (Lipinski definition) is 4. The lowest BCUT2D eigenvalue weighted by Crippen LogP contribution is -2.14. The van der Waals surface area contributed by atoms with Crippen molar-refractivity contribution in [3.63, 3.8) is 0 Å². The molecule has 3 atom stereocenters. The average molecular weight is 510 g/mol. The predicted molar refractivity (Wildman–Crippen MR) is 133 cm³/mol. The highest BCUT2D eigenvalue weighted by molar-refractivity contribution is 6.48. The van der Waals surface area contributed by atoms with Crippen molar-refractivity contribution in [2.24, 2.45) is 17.3 Å². The second-order valence-corrected chi connectivity index (χ2v) is 9.74. The van der Waals surface area contributed by atoms with Gasteiger partial charge in [-0.15, -0.1) is 0 Å². The third-order valence-corrected chi connectivity index (χ3v) is 6.79. The molecule has 0 saturated heterocycles. The zero-order chi connectivity index (χ0) is 25.2. The summed E-state index contributed by atoms with van der Waals surface area (Å²) in [4.78, 5) is 13.0. The van der Waals surface area contributed by atoms with Gasteiger partial charge in [0.15, 0.2) is 11.6 Å². The molecule has 0 spiro atoms. The van der Waals surface area contributed by atoms with Crippen LogP contribution in [0.5, 0.6) is 11.5 Å². The Kier molecular flexibility index (Phi) is 7.16. The van der Waals surface area contributed by atoms with Gasteiger partial charge in [-0.25, -0.2) is 4.39 Å². The second-order valence-electron chi connectivity index (χ2n) is 8.90. The van der Waals surface area contributed by atoms with Crippen molar-refractivity contribution in [2.75, 3.05) is 0 Å². The SMILES string of the molecule is CC1(C)[C@H](C=C(Cl)c2ccc(Cl)cc2)[C@H]1C(=O)OC(C#N)c1ccc(F)c(Oc2ccccc2)c1. The predicted octanol–water partition coefficient (Wildman–Crippen LogP) is 7.93. The molecule has 1 aliphatic carbocycles. The van der Waals surface area contributed by atoms with Crippen LogP contribution in [0.4, 0.5) is 4.39 Å². The lowest BCUT2D eigenvalue weighted by atomic mass is 10.1. The van der Waals surface area contributed by atoms with Crippen LogP contribution < -0.4 is 4.74 Å². The van der Waals surface area contributed by atoms with Crippen LogP contribution in [-0.2, 0) is 9.53 Å². The molecule has 1 unspecified atom stereocenters. The molecule has 0 heterocycles. The minimum Gasteiger partial charge on any atom is -0.454 e. The van der Waals surface area contributed by atoms with Gasteiger partial charge in [0.25, 0.3) is 0 Å². The summed E-state index contributed by atoms with van der Waals surface area (Å²) in [5.74, 6) is -1.36. The van der Waals surface area contributed by atoms with Gasteiger partial charge in [0.2, 0.25) is 6.10 Å².